The topological polar surface area (TPSA) is 71.4 Å². The Kier molecular flexibility index (Phi) is 5.75. The Balaban J connectivity index is 1.62. The van der Waals surface area contributed by atoms with Gasteiger partial charge >= 0.3 is 5.97 Å². The van der Waals surface area contributed by atoms with Gasteiger partial charge in [0.1, 0.15) is 5.78 Å². The zero-order valence-corrected chi connectivity index (χ0v) is 19.9. The van der Waals surface area contributed by atoms with Gasteiger partial charge in [-0.1, -0.05) is 53.9 Å². The van der Waals surface area contributed by atoms with Crippen molar-refractivity contribution in [3.63, 3.8) is 0 Å². The Bertz CT molecular complexity index is 810. The van der Waals surface area contributed by atoms with Gasteiger partial charge in [-0.3, -0.25) is 9.59 Å². The minimum atomic E-state index is -0.987. The van der Waals surface area contributed by atoms with Gasteiger partial charge in [0.05, 0.1) is 5.92 Å². The minimum absolute atomic E-state index is 0.0553. The molecule has 3 fully saturated rings. The van der Waals surface area contributed by atoms with Gasteiger partial charge < -0.3 is 5.11 Å². The highest BCUT2D eigenvalue weighted by molar-refractivity contribution is 6.13. The van der Waals surface area contributed by atoms with E-state index in [2.05, 4.69) is 27.7 Å². The summed E-state index contributed by atoms with van der Waals surface area (Å²) in [5, 5.41) is 9.86. The number of carboxylic acid groups (broad SMARTS) is 1. The molecule has 172 valence electrons. The predicted octanol–water partition coefficient (Wildman–Crippen LogP) is 5.70. The van der Waals surface area contributed by atoms with E-state index in [9.17, 15) is 19.5 Å². The van der Waals surface area contributed by atoms with Gasteiger partial charge in [0, 0.05) is 16.9 Å². The molecular formula is C27H40O4. The number of hydrogen-bond donors (Lipinski definition) is 1. The van der Waals surface area contributed by atoms with Crippen molar-refractivity contribution in [3.8, 4) is 0 Å². The van der Waals surface area contributed by atoms with Crippen molar-refractivity contribution < 1.29 is 19.5 Å². The first-order valence-electron chi connectivity index (χ1n) is 12.5. The molecule has 4 nitrogen and oxygen atoms in total. The van der Waals surface area contributed by atoms with E-state index < -0.39 is 17.3 Å². The van der Waals surface area contributed by atoms with Crippen LogP contribution in [0.2, 0.25) is 0 Å². The van der Waals surface area contributed by atoms with Gasteiger partial charge in [-0.2, -0.15) is 0 Å². The fourth-order valence-corrected chi connectivity index (χ4v) is 8.45. The molecule has 0 amide bonds. The van der Waals surface area contributed by atoms with Gasteiger partial charge in [-0.25, -0.2) is 4.79 Å². The molecule has 4 aliphatic carbocycles. The fraction of sp³-hybridized carbons (Fsp3) is 0.815. The zero-order chi connectivity index (χ0) is 22.7. The average molecular weight is 429 g/mol. The van der Waals surface area contributed by atoms with Gasteiger partial charge in [0.15, 0.2) is 5.78 Å². The predicted molar refractivity (Wildman–Crippen MR) is 120 cm³/mol. The lowest BCUT2D eigenvalue weighted by Crippen LogP contribution is -2.59. The summed E-state index contributed by atoms with van der Waals surface area (Å²) in [6.07, 6.45) is 9.65. The second-order valence-corrected chi connectivity index (χ2v) is 12.1. The van der Waals surface area contributed by atoms with Crippen LogP contribution >= 0.6 is 0 Å². The number of carbonyl (C=O) groups is 3. The number of ketones is 2. The van der Waals surface area contributed by atoms with Crippen LogP contribution in [0.1, 0.15) is 86.0 Å². The van der Waals surface area contributed by atoms with Crippen molar-refractivity contribution in [1.82, 2.24) is 0 Å². The van der Waals surface area contributed by atoms with E-state index in [4.69, 9.17) is 0 Å². The third kappa shape index (κ3) is 3.43. The first-order chi connectivity index (χ1) is 14.5. The van der Waals surface area contributed by atoms with Crippen LogP contribution in [-0.2, 0) is 14.4 Å². The van der Waals surface area contributed by atoms with Gasteiger partial charge in [0.25, 0.3) is 0 Å². The summed E-state index contributed by atoms with van der Waals surface area (Å²) in [5.74, 6) is 0.441. The van der Waals surface area contributed by atoms with Crippen LogP contribution in [0.5, 0.6) is 0 Å². The lowest BCUT2D eigenvalue weighted by atomic mass is 9.44. The number of allylic oxidation sites excluding steroid dienone is 1. The lowest BCUT2D eigenvalue weighted by Gasteiger charge is -2.58. The number of fused-ring (bicyclic) bond motifs is 6. The molecule has 3 saturated carbocycles. The smallest absolute Gasteiger partial charge is 0.332 e. The highest BCUT2D eigenvalue weighted by atomic mass is 16.4. The molecule has 0 saturated heterocycles. The Morgan fingerprint density at radius 1 is 1.10 bits per heavy atom. The number of carboxylic acids is 1. The lowest BCUT2D eigenvalue weighted by molar-refractivity contribution is -0.157. The number of hydrogen-bond acceptors (Lipinski definition) is 3. The number of carbonyl (C=O) groups excluding carboxylic acids is 2. The molecule has 0 aliphatic heterocycles. The Morgan fingerprint density at radius 2 is 1.81 bits per heavy atom. The molecule has 0 heterocycles. The van der Waals surface area contributed by atoms with Gasteiger partial charge in [-0.15, -0.1) is 0 Å². The van der Waals surface area contributed by atoms with Crippen LogP contribution in [0.15, 0.2) is 11.6 Å². The van der Waals surface area contributed by atoms with Crippen molar-refractivity contribution in [2.75, 3.05) is 0 Å². The SMILES string of the molecule is CC(C)CCC[C@@H](C)[C@H]1CC[C@H]2[C@H]3C(=O)[C@@H]4C[C@](C)(C(C(=O)O)=CC4=O)[C@@H]3CC[C@]12C. The van der Waals surface area contributed by atoms with E-state index >= 15 is 0 Å². The van der Waals surface area contributed by atoms with Crippen LogP contribution in [-0.4, -0.2) is 22.6 Å². The number of aliphatic carboxylic acids is 1. The molecule has 4 aliphatic rings. The second kappa shape index (κ2) is 7.85. The molecule has 0 unspecified atom stereocenters. The van der Waals surface area contributed by atoms with Crippen LogP contribution in [0, 0.1) is 52.3 Å². The van der Waals surface area contributed by atoms with Crippen LogP contribution in [0.25, 0.3) is 0 Å². The minimum Gasteiger partial charge on any atom is -0.478 e. The second-order valence-electron chi connectivity index (χ2n) is 12.1. The molecule has 4 rings (SSSR count). The monoisotopic (exact) mass is 428 g/mol. The van der Waals surface area contributed by atoms with E-state index in [-0.39, 0.29) is 34.4 Å². The highest BCUT2D eigenvalue weighted by Crippen LogP contribution is 2.67. The fourth-order valence-electron chi connectivity index (χ4n) is 8.45. The summed E-state index contributed by atoms with van der Waals surface area (Å²) >= 11 is 0. The van der Waals surface area contributed by atoms with E-state index in [1.165, 1.54) is 25.3 Å². The maximum absolute atomic E-state index is 13.6. The van der Waals surface area contributed by atoms with E-state index in [1.54, 1.807) is 0 Å². The van der Waals surface area contributed by atoms with Crippen LogP contribution in [0.4, 0.5) is 0 Å². The first-order valence-corrected chi connectivity index (χ1v) is 12.5. The van der Waals surface area contributed by atoms with E-state index in [0.29, 0.717) is 24.2 Å². The van der Waals surface area contributed by atoms with Crippen LogP contribution < -0.4 is 0 Å². The maximum atomic E-state index is 13.6. The molecule has 0 spiro atoms. The van der Waals surface area contributed by atoms with Crippen molar-refractivity contribution >= 4 is 17.5 Å². The molecule has 4 heteroatoms. The molecule has 0 aromatic heterocycles. The van der Waals surface area contributed by atoms with Gasteiger partial charge in [0.2, 0.25) is 0 Å². The first kappa shape index (κ1) is 22.7. The van der Waals surface area contributed by atoms with E-state index in [1.807, 2.05) is 6.92 Å². The molecule has 8 atom stereocenters. The maximum Gasteiger partial charge on any atom is 0.332 e. The summed E-state index contributed by atoms with van der Waals surface area (Å²) in [6.45, 7) is 11.4. The van der Waals surface area contributed by atoms with Crippen molar-refractivity contribution in [2.45, 2.75) is 86.0 Å². The molecule has 2 bridgehead atoms. The Morgan fingerprint density at radius 3 is 2.45 bits per heavy atom. The van der Waals surface area contributed by atoms with Crippen molar-refractivity contribution in [3.05, 3.63) is 11.6 Å². The summed E-state index contributed by atoms with van der Waals surface area (Å²) < 4.78 is 0. The standard InChI is InChI=1S/C27H40O4/c1-15(2)7-6-8-16(3)18-9-10-19-23-20(11-12-26(18,19)4)27(5)14-17(24(23)29)22(28)13-21(27)25(30)31/h13,15-20,23H,6-12,14H2,1-5H3,(H,30,31)/t16-,17-,18-,19+,20-,23-,26-,27+/m1/s1. The number of Topliss-reactive ketones (excluding diaryl/α,β-unsaturated/α-hetero) is 1. The molecule has 0 aromatic carbocycles. The average Bonchev–Trinajstić information content (AvgIpc) is 3.04. The van der Waals surface area contributed by atoms with Crippen molar-refractivity contribution in [2.24, 2.45) is 52.3 Å². The normalized spacial score (nSPS) is 42.8. The molecule has 0 radical (unpaired) electrons. The Labute approximate surface area is 187 Å². The summed E-state index contributed by atoms with van der Waals surface area (Å²) in [4.78, 5) is 38.4. The summed E-state index contributed by atoms with van der Waals surface area (Å²) in [7, 11) is 0. The Hall–Kier alpha value is -1.45. The quantitative estimate of drug-likeness (QED) is 0.551. The van der Waals surface area contributed by atoms with Crippen molar-refractivity contribution in [1.29, 1.82) is 0 Å². The molecule has 31 heavy (non-hydrogen) atoms. The van der Waals surface area contributed by atoms with E-state index in [0.717, 1.165) is 31.6 Å². The largest absolute Gasteiger partial charge is 0.478 e. The van der Waals surface area contributed by atoms with Crippen LogP contribution in [0.3, 0.4) is 0 Å². The zero-order valence-electron chi connectivity index (χ0n) is 19.9. The molecule has 0 aromatic rings. The molecular weight excluding hydrogens is 388 g/mol. The third-order valence-electron chi connectivity index (χ3n) is 10.1. The third-order valence-corrected chi connectivity index (χ3v) is 10.1. The van der Waals surface area contributed by atoms with Gasteiger partial charge in [-0.05, 0) is 73.2 Å². The summed E-state index contributed by atoms with van der Waals surface area (Å²) in [6, 6.07) is 0. The highest BCUT2D eigenvalue weighted by Gasteiger charge is 2.65. The summed E-state index contributed by atoms with van der Waals surface area (Å²) in [5.41, 5.74) is -0.186. The molecule has 1 N–H and O–H groups in total. The number of rotatable bonds is 6.